The molecule has 0 aromatic carbocycles. The van der Waals surface area contributed by atoms with Gasteiger partial charge in [0, 0.05) is 4.88 Å². The zero-order valence-electron chi connectivity index (χ0n) is 9.88. The first-order valence-electron chi connectivity index (χ1n) is 5.37. The second-order valence-corrected chi connectivity index (χ2v) is 5.68. The van der Waals surface area contributed by atoms with Crippen molar-refractivity contribution in [3.63, 3.8) is 0 Å². The number of aryl methyl sites for hydroxylation is 2. The average Bonchev–Trinajstić information content (AvgIpc) is 2.91. The zero-order chi connectivity index (χ0) is 12.7. The lowest BCUT2D eigenvalue weighted by Gasteiger charge is -2.03. The van der Waals surface area contributed by atoms with Crippen molar-refractivity contribution in [2.45, 2.75) is 20.4 Å². The molecule has 0 aliphatic heterocycles. The Bertz CT molecular complexity index is 771. The molecule has 0 amide bonds. The molecule has 0 bridgehead atoms. The fraction of sp³-hybridized carbons (Fsp3) is 0.273. The van der Waals surface area contributed by atoms with E-state index in [1.165, 1.54) is 11.5 Å². The smallest absolute Gasteiger partial charge is 0.264 e. The Hall–Kier alpha value is -1.60. The van der Waals surface area contributed by atoms with Crippen LogP contribution in [0.25, 0.3) is 10.2 Å². The third-order valence-corrected chi connectivity index (χ3v) is 4.56. The molecule has 5 nitrogen and oxygen atoms in total. The predicted octanol–water partition coefficient (Wildman–Crippen LogP) is 1.97. The van der Waals surface area contributed by atoms with Gasteiger partial charge >= 0.3 is 0 Å². The summed E-state index contributed by atoms with van der Waals surface area (Å²) in [5.41, 5.74) is 3.48. The Balaban J connectivity index is 2.13. The maximum atomic E-state index is 12.3. The van der Waals surface area contributed by atoms with Gasteiger partial charge in [-0.3, -0.25) is 9.36 Å². The highest BCUT2D eigenvalue weighted by Gasteiger charge is 2.11. The number of nitrogens with zero attached hydrogens (tertiary/aromatic N) is 4. The molecule has 0 atom stereocenters. The first-order valence-corrected chi connectivity index (χ1v) is 7.02. The van der Waals surface area contributed by atoms with E-state index in [2.05, 4.69) is 14.3 Å². The number of fused-ring (bicyclic) bond motifs is 1. The minimum Gasteiger partial charge on any atom is -0.293 e. The van der Waals surface area contributed by atoms with Gasteiger partial charge in [0.15, 0.2) is 4.83 Å². The van der Waals surface area contributed by atoms with E-state index in [9.17, 15) is 4.79 Å². The summed E-state index contributed by atoms with van der Waals surface area (Å²) in [6.45, 7) is 4.30. The van der Waals surface area contributed by atoms with Crippen molar-refractivity contribution >= 4 is 33.1 Å². The average molecular weight is 278 g/mol. The van der Waals surface area contributed by atoms with E-state index in [4.69, 9.17) is 0 Å². The monoisotopic (exact) mass is 278 g/mol. The lowest BCUT2D eigenvalue weighted by molar-refractivity contribution is 0.753. The molecule has 0 aliphatic rings. The van der Waals surface area contributed by atoms with Crippen LogP contribution in [-0.2, 0) is 6.54 Å². The van der Waals surface area contributed by atoms with Crippen LogP contribution in [0.3, 0.4) is 0 Å². The van der Waals surface area contributed by atoms with E-state index in [1.54, 1.807) is 27.7 Å². The van der Waals surface area contributed by atoms with E-state index in [0.717, 1.165) is 16.3 Å². The van der Waals surface area contributed by atoms with Gasteiger partial charge in [-0.15, -0.1) is 11.3 Å². The Morgan fingerprint density at radius 2 is 2.11 bits per heavy atom. The number of rotatable bonds is 2. The van der Waals surface area contributed by atoms with Gasteiger partial charge < -0.3 is 0 Å². The second kappa shape index (κ2) is 4.25. The van der Waals surface area contributed by atoms with Crippen LogP contribution in [0.1, 0.15) is 16.3 Å². The molecule has 3 heterocycles. The van der Waals surface area contributed by atoms with E-state index < -0.39 is 0 Å². The number of aromatic nitrogens is 4. The van der Waals surface area contributed by atoms with Crippen LogP contribution in [0.4, 0.5) is 0 Å². The molecule has 3 rings (SSSR count). The first kappa shape index (κ1) is 11.5. The van der Waals surface area contributed by atoms with Gasteiger partial charge in [-0.2, -0.15) is 4.37 Å². The highest BCUT2D eigenvalue weighted by molar-refractivity contribution is 7.12. The summed E-state index contributed by atoms with van der Waals surface area (Å²) >= 11 is 2.82. The first-order chi connectivity index (χ1) is 8.66. The number of hydrogen-bond donors (Lipinski definition) is 0. The maximum Gasteiger partial charge on any atom is 0.264 e. The van der Waals surface area contributed by atoms with Gasteiger partial charge in [-0.25, -0.2) is 9.97 Å². The van der Waals surface area contributed by atoms with Crippen molar-refractivity contribution in [3.05, 3.63) is 38.5 Å². The van der Waals surface area contributed by atoms with E-state index in [0.29, 0.717) is 16.8 Å². The molecule has 18 heavy (non-hydrogen) atoms. The third-order valence-electron chi connectivity index (χ3n) is 2.79. The lowest BCUT2D eigenvalue weighted by atomic mass is 10.3. The molecular formula is C11H10N4OS2. The van der Waals surface area contributed by atoms with Gasteiger partial charge in [0.2, 0.25) is 0 Å². The summed E-state index contributed by atoms with van der Waals surface area (Å²) < 4.78 is 5.78. The van der Waals surface area contributed by atoms with Gasteiger partial charge in [0.05, 0.1) is 35.2 Å². The highest BCUT2D eigenvalue weighted by Crippen LogP contribution is 2.17. The van der Waals surface area contributed by atoms with Crippen molar-refractivity contribution in [1.82, 2.24) is 18.9 Å². The van der Waals surface area contributed by atoms with Gasteiger partial charge in [-0.1, -0.05) is 0 Å². The molecule has 0 fully saturated rings. The summed E-state index contributed by atoms with van der Waals surface area (Å²) in [7, 11) is 0. The molecule has 92 valence electrons. The fourth-order valence-electron chi connectivity index (χ4n) is 1.76. The van der Waals surface area contributed by atoms with Gasteiger partial charge in [-0.05, 0) is 25.4 Å². The topological polar surface area (TPSA) is 60.7 Å². The number of hydrogen-bond acceptors (Lipinski definition) is 6. The largest absolute Gasteiger partial charge is 0.293 e. The SMILES string of the molecule is Cc1ncsc1Cn1cnc2snc(C)c2c1=O. The third kappa shape index (κ3) is 1.75. The summed E-state index contributed by atoms with van der Waals surface area (Å²) in [6, 6.07) is 0. The molecule has 0 aliphatic carbocycles. The molecule has 0 radical (unpaired) electrons. The van der Waals surface area contributed by atoms with Crippen LogP contribution in [0.2, 0.25) is 0 Å². The van der Waals surface area contributed by atoms with Crippen LogP contribution in [0.5, 0.6) is 0 Å². The van der Waals surface area contributed by atoms with Crippen molar-refractivity contribution in [2.75, 3.05) is 0 Å². The molecule has 0 N–H and O–H groups in total. The van der Waals surface area contributed by atoms with Crippen LogP contribution in [-0.4, -0.2) is 18.9 Å². The minimum absolute atomic E-state index is 0.0287. The maximum absolute atomic E-state index is 12.3. The quantitative estimate of drug-likeness (QED) is 0.719. The normalized spacial score (nSPS) is 11.2. The summed E-state index contributed by atoms with van der Waals surface area (Å²) in [4.78, 5) is 22.6. The number of thiazole rings is 1. The molecule has 3 aromatic heterocycles. The van der Waals surface area contributed by atoms with Crippen LogP contribution in [0, 0.1) is 13.8 Å². The Labute approximate surface area is 111 Å². The standard InChI is InChI=1S/C11H10N4OS2/c1-6-8(17-5-13-6)3-15-4-12-10-9(11(15)16)7(2)14-18-10/h4-5H,3H2,1-2H3. The molecule has 0 saturated carbocycles. The Morgan fingerprint density at radius 1 is 1.28 bits per heavy atom. The van der Waals surface area contributed by atoms with E-state index >= 15 is 0 Å². The lowest BCUT2D eigenvalue weighted by Crippen LogP contribution is -2.21. The van der Waals surface area contributed by atoms with Crippen molar-refractivity contribution < 1.29 is 0 Å². The Morgan fingerprint density at radius 3 is 2.83 bits per heavy atom. The van der Waals surface area contributed by atoms with E-state index in [1.807, 2.05) is 13.8 Å². The van der Waals surface area contributed by atoms with Crippen LogP contribution in [0.15, 0.2) is 16.6 Å². The summed E-state index contributed by atoms with van der Waals surface area (Å²) in [5.74, 6) is 0. The molecular weight excluding hydrogens is 268 g/mol. The molecule has 7 heteroatoms. The minimum atomic E-state index is -0.0287. The molecule has 3 aromatic rings. The molecule has 0 unspecified atom stereocenters. The van der Waals surface area contributed by atoms with Crippen LogP contribution < -0.4 is 5.56 Å². The van der Waals surface area contributed by atoms with Crippen molar-refractivity contribution in [3.8, 4) is 0 Å². The van der Waals surface area contributed by atoms with Crippen LogP contribution >= 0.6 is 22.9 Å². The zero-order valence-corrected chi connectivity index (χ0v) is 11.5. The van der Waals surface area contributed by atoms with E-state index in [-0.39, 0.29) is 5.56 Å². The van der Waals surface area contributed by atoms with Gasteiger partial charge in [0.1, 0.15) is 0 Å². The summed E-state index contributed by atoms with van der Waals surface area (Å²) in [5, 5.41) is 0.629. The second-order valence-electron chi connectivity index (χ2n) is 3.99. The fourth-order valence-corrected chi connectivity index (χ4v) is 3.27. The van der Waals surface area contributed by atoms with Gasteiger partial charge in [0.25, 0.3) is 5.56 Å². The van der Waals surface area contributed by atoms with Crippen molar-refractivity contribution in [1.29, 1.82) is 0 Å². The predicted molar refractivity (Wildman–Crippen MR) is 72.4 cm³/mol. The highest BCUT2D eigenvalue weighted by atomic mass is 32.1. The summed E-state index contributed by atoms with van der Waals surface area (Å²) in [6.07, 6.45) is 1.58. The molecule has 0 spiro atoms. The Kier molecular flexibility index (Phi) is 2.71. The molecule has 0 saturated heterocycles. The van der Waals surface area contributed by atoms with Crippen molar-refractivity contribution in [2.24, 2.45) is 0 Å².